The van der Waals surface area contributed by atoms with Crippen molar-refractivity contribution in [2.75, 3.05) is 6.54 Å². The quantitative estimate of drug-likeness (QED) is 0.286. The highest BCUT2D eigenvalue weighted by molar-refractivity contribution is 8.26. The highest BCUT2D eigenvalue weighted by Gasteiger charge is 2.30. The van der Waals surface area contributed by atoms with Crippen LogP contribution in [-0.2, 0) is 4.79 Å². The molecule has 0 N–H and O–H groups in total. The Bertz CT molecular complexity index is 955. The van der Waals surface area contributed by atoms with Gasteiger partial charge in [0.15, 0.2) is 0 Å². The van der Waals surface area contributed by atoms with E-state index in [0.29, 0.717) is 26.2 Å². The second-order valence-corrected chi connectivity index (χ2v) is 8.62. The molecule has 8 heteroatoms. The summed E-state index contributed by atoms with van der Waals surface area (Å²) in [6, 6.07) is 12.8. The largest absolute Gasteiger partial charge is 0.293 e. The van der Waals surface area contributed by atoms with Crippen LogP contribution < -0.4 is 0 Å². The molecule has 1 saturated heterocycles. The van der Waals surface area contributed by atoms with Gasteiger partial charge in [0.2, 0.25) is 0 Å². The molecule has 1 aliphatic rings. The van der Waals surface area contributed by atoms with E-state index in [0.717, 1.165) is 10.5 Å². The normalized spacial score (nSPS) is 15.6. The number of thiocarbonyl (C=S) groups is 1. The van der Waals surface area contributed by atoms with Crippen LogP contribution in [0.1, 0.15) is 18.1 Å². The van der Waals surface area contributed by atoms with Crippen molar-refractivity contribution in [2.24, 2.45) is 0 Å². The van der Waals surface area contributed by atoms with E-state index in [4.69, 9.17) is 12.2 Å². The van der Waals surface area contributed by atoms with Crippen molar-refractivity contribution in [2.45, 2.75) is 23.6 Å². The minimum Gasteiger partial charge on any atom is -0.293 e. The summed E-state index contributed by atoms with van der Waals surface area (Å²) >= 11 is 7.76. The fourth-order valence-electron chi connectivity index (χ4n) is 2.51. The van der Waals surface area contributed by atoms with Gasteiger partial charge in [-0.25, -0.2) is 0 Å². The molecule has 0 aliphatic carbocycles. The summed E-state index contributed by atoms with van der Waals surface area (Å²) in [6.45, 7) is 4.36. The fraction of sp³-hybridized carbons (Fsp3) is 0.158. The molecule has 2 aromatic carbocycles. The monoisotopic (exact) mass is 416 g/mol. The number of aryl methyl sites for hydroxylation is 1. The second-order valence-electron chi connectivity index (χ2n) is 5.83. The number of nitro benzene ring substituents is 1. The number of likely N-dealkylation sites (N-methyl/N-ethyl adjacent to an activating group) is 1. The molecule has 5 nitrogen and oxygen atoms in total. The molecule has 3 rings (SSSR count). The van der Waals surface area contributed by atoms with Gasteiger partial charge in [-0.15, -0.1) is 0 Å². The molecule has 0 saturated carbocycles. The van der Waals surface area contributed by atoms with E-state index in [-0.39, 0.29) is 11.6 Å². The van der Waals surface area contributed by atoms with E-state index in [9.17, 15) is 14.9 Å². The molecule has 0 unspecified atom stereocenters. The zero-order valence-corrected chi connectivity index (χ0v) is 17.1. The molecule has 1 amide bonds. The molecular formula is C19H16N2O3S3. The molecule has 0 bridgehead atoms. The van der Waals surface area contributed by atoms with Gasteiger partial charge in [-0.1, -0.05) is 59.5 Å². The van der Waals surface area contributed by atoms with Crippen LogP contribution >= 0.6 is 35.7 Å². The Kier molecular flexibility index (Phi) is 5.98. The van der Waals surface area contributed by atoms with Gasteiger partial charge in [-0.3, -0.25) is 19.8 Å². The lowest BCUT2D eigenvalue weighted by Crippen LogP contribution is -2.27. The first-order valence-corrected chi connectivity index (χ1v) is 10.2. The van der Waals surface area contributed by atoms with Crippen molar-refractivity contribution in [1.82, 2.24) is 4.90 Å². The van der Waals surface area contributed by atoms with Gasteiger partial charge >= 0.3 is 0 Å². The summed E-state index contributed by atoms with van der Waals surface area (Å²) < 4.78 is 0.509. The standard InChI is InChI=1S/C19H16N2O3S3/c1-3-20-18(22)17(27-19(20)25)11-13-6-9-16(15(10-13)21(23)24)26-14-7-4-12(2)5-8-14/h4-11H,3H2,1-2H3/b17-11+. The van der Waals surface area contributed by atoms with Gasteiger partial charge in [-0.05, 0) is 43.7 Å². The summed E-state index contributed by atoms with van der Waals surface area (Å²) in [5.74, 6) is -0.159. The van der Waals surface area contributed by atoms with Crippen molar-refractivity contribution in [3.05, 3.63) is 68.6 Å². The molecule has 138 valence electrons. The van der Waals surface area contributed by atoms with Crippen LogP contribution in [0.4, 0.5) is 5.69 Å². The lowest BCUT2D eigenvalue weighted by atomic mass is 10.2. The number of rotatable bonds is 5. The molecule has 0 spiro atoms. The van der Waals surface area contributed by atoms with Crippen molar-refractivity contribution in [1.29, 1.82) is 0 Å². The third-order valence-corrected chi connectivity index (χ3v) is 6.37. The first kappa shape index (κ1) is 19.6. The zero-order chi connectivity index (χ0) is 19.6. The number of carbonyl (C=O) groups excluding carboxylic acids is 1. The second kappa shape index (κ2) is 8.24. The van der Waals surface area contributed by atoms with Crippen LogP contribution in [0.25, 0.3) is 6.08 Å². The third-order valence-electron chi connectivity index (χ3n) is 3.92. The molecular weight excluding hydrogens is 400 g/mol. The Morgan fingerprint density at radius 2 is 1.96 bits per heavy atom. The molecule has 1 fully saturated rings. The van der Waals surface area contributed by atoms with Crippen LogP contribution in [0, 0.1) is 17.0 Å². The molecule has 0 radical (unpaired) electrons. The zero-order valence-electron chi connectivity index (χ0n) is 14.7. The van der Waals surface area contributed by atoms with Gasteiger partial charge in [0.05, 0.1) is 14.7 Å². The average molecular weight is 417 g/mol. The van der Waals surface area contributed by atoms with Crippen LogP contribution in [-0.4, -0.2) is 26.6 Å². The summed E-state index contributed by atoms with van der Waals surface area (Å²) in [5, 5.41) is 11.5. The number of hydrogen-bond acceptors (Lipinski definition) is 6. The smallest absolute Gasteiger partial charge is 0.283 e. The number of nitro groups is 1. The predicted octanol–water partition coefficient (Wildman–Crippen LogP) is 5.28. The Balaban J connectivity index is 1.91. The molecule has 1 heterocycles. The van der Waals surface area contributed by atoms with Crippen LogP contribution in [0.15, 0.2) is 57.2 Å². The van der Waals surface area contributed by atoms with E-state index >= 15 is 0 Å². The van der Waals surface area contributed by atoms with Crippen LogP contribution in [0.3, 0.4) is 0 Å². The number of nitrogens with zero attached hydrogens (tertiary/aromatic N) is 2. The van der Waals surface area contributed by atoms with E-state index in [1.54, 1.807) is 18.2 Å². The summed E-state index contributed by atoms with van der Waals surface area (Å²) in [4.78, 5) is 26.9. The molecule has 0 aromatic heterocycles. The number of hydrogen-bond donors (Lipinski definition) is 0. The fourth-order valence-corrected chi connectivity index (χ4v) is 4.79. The Hall–Kier alpha value is -2.16. The van der Waals surface area contributed by atoms with E-state index in [1.165, 1.54) is 34.5 Å². The number of carbonyl (C=O) groups is 1. The summed E-state index contributed by atoms with van der Waals surface area (Å²) in [7, 11) is 0. The van der Waals surface area contributed by atoms with Crippen LogP contribution in [0.5, 0.6) is 0 Å². The minimum atomic E-state index is -0.398. The number of benzene rings is 2. The van der Waals surface area contributed by atoms with Crippen molar-refractivity contribution in [3.8, 4) is 0 Å². The van der Waals surface area contributed by atoms with Gasteiger partial charge < -0.3 is 0 Å². The highest BCUT2D eigenvalue weighted by atomic mass is 32.2. The van der Waals surface area contributed by atoms with Crippen LogP contribution in [0.2, 0.25) is 0 Å². The van der Waals surface area contributed by atoms with Gasteiger partial charge in [-0.2, -0.15) is 0 Å². The summed E-state index contributed by atoms with van der Waals surface area (Å²) in [5.41, 5.74) is 1.75. The Labute approximate surface area is 171 Å². The first-order valence-electron chi connectivity index (χ1n) is 8.17. The number of thioether (sulfide) groups is 1. The number of amides is 1. The van der Waals surface area contributed by atoms with E-state index in [1.807, 2.05) is 38.1 Å². The molecule has 1 aliphatic heterocycles. The Morgan fingerprint density at radius 3 is 2.56 bits per heavy atom. The van der Waals surface area contributed by atoms with Gasteiger partial charge in [0.25, 0.3) is 11.6 Å². The SMILES string of the molecule is CCN1C(=O)/C(=C\c2ccc(Sc3ccc(C)cc3)c([N+](=O)[O-])c2)SC1=S. The predicted molar refractivity (Wildman–Crippen MR) is 114 cm³/mol. The lowest BCUT2D eigenvalue weighted by Gasteiger charge is -2.09. The van der Waals surface area contributed by atoms with E-state index in [2.05, 4.69) is 0 Å². The maximum Gasteiger partial charge on any atom is 0.283 e. The van der Waals surface area contributed by atoms with Crippen molar-refractivity contribution >= 4 is 57.7 Å². The molecule has 27 heavy (non-hydrogen) atoms. The van der Waals surface area contributed by atoms with Crippen molar-refractivity contribution < 1.29 is 9.72 Å². The third kappa shape index (κ3) is 4.40. The summed E-state index contributed by atoms with van der Waals surface area (Å²) in [6.07, 6.45) is 1.66. The van der Waals surface area contributed by atoms with Gasteiger partial charge in [0, 0.05) is 17.5 Å². The maximum atomic E-state index is 12.3. The van der Waals surface area contributed by atoms with Crippen molar-refractivity contribution in [3.63, 3.8) is 0 Å². The highest BCUT2D eigenvalue weighted by Crippen LogP contribution is 2.37. The molecule has 2 aromatic rings. The average Bonchev–Trinajstić information content (AvgIpc) is 2.90. The topological polar surface area (TPSA) is 63.5 Å². The van der Waals surface area contributed by atoms with Gasteiger partial charge in [0.1, 0.15) is 4.32 Å². The first-order chi connectivity index (χ1) is 12.9. The minimum absolute atomic E-state index is 0.0142. The maximum absolute atomic E-state index is 12.3. The lowest BCUT2D eigenvalue weighted by molar-refractivity contribution is -0.387. The molecule has 0 atom stereocenters. The Morgan fingerprint density at radius 1 is 1.26 bits per heavy atom. The van der Waals surface area contributed by atoms with E-state index < -0.39 is 4.92 Å².